The third-order valence-corrected chi connectivity index (χ3v) is 4.48. The maximum Gasteiger partial charge on any atom is 0.243 e. The minimum absolute atomic E-state index is 0.294. The van der Waals surface area contributed by atoms with Crippen LogP contribution in [0.15, 0.2) is 30.3 Å². The third kappa shape index (κ3) is 9.78. The molecule has 0 bridgehead atoms. The first-order valence-corrected chi connectivity index (χ1v) is 9.84. The largest absolute Gasteiger partial charge is 0.368 e. The van der Waals surface area contributed by atoms with Crippen LogP contribution in [0, 0.1) is 0 Å². The molecule has 0 aliphatic rings. The number of unbranched alkanes of at least 4 members (excludes halogenated alkanes) is 5. The number of rotatable bonds is 13. The van der Waals surface area contributed by atoms with E-state index in [2.05, 4.69) is 17.6 Å². The molecule has 0 fully saturated rings. The highest BCUT2D eigenvalue weighted by molar-refractivity contribution is 5.91. The second kappa shape index (κ2) is 12.9. The summed E-state index contributed by atoms with van der Waals surface area (Å²) in [4.78, 5) is 35.8. The lowest BCUT2D eigenvalue weighted by Crippen LogP contribution is -2.53. The molecular weight excluding hydrogens is 342 g/mol. The molecular formula is C21H33N3O3. The Morgan fingerprint density at radius 2 is 1.56 bits per heavy atom. The molecule has 0 unspecified atom stereocenters. The molecule has 4 N–H and O–H groups in total. The number of primary amides is 1. The van der Waals surface area contributed by atoms with Gasteiger partial charge in [-0.2, -0.15) is 0 Å². The van der Waals surface area contributed by atoms with Gasteiger partial charge in [-0.25, -0.2) is 0 Å². The Kier molecular flexibility index (Phi) is 10.8. The van der Waals surface area contributed by atoms with Crippen molar-refractivity contribution in [2.24, 2.45) is 5.73 Å². The summed E-state index contributed by atoms with van der Waals surface area (Å²) >= 11 is 0. The van der Waals surface area contributed by atoms with Crippen LogP contribution in [-0.2, 0) is 20.8 Å². The van der Waals surface area contributed by atoms with E-state index < -0.39 is 18.0 Å². The van der Waals surface area contributed by atoms with Crippen LogP contribution in [0.5, 0.6) is 0 Å². The summed E-state index contributed by atoms with van der Waals surface area (Å²) in [5.74, 6) is -1.22. The van der Waals surface area contributed by atoms with E-state index in [4.69, 9.17) is 5.73 Å². The predicted molar refractivity (Wildman–Crippen MR) is 107 cm³/mol. The summed E-state index contributed by atoms with van der Waals surface area (Å²) < 4.78 is 0. The van der Waals surface area contributed by atoms with Crippen molar-refractivity contribution in [1.29, 1.82) is 0 Å². The minimum atomic E-state index is -0.740. The molecule has 0 aliphatic carbocycles. The lowest BCUT2D eigenvalue weighted by atomic mass is 10.0. The first kappa shape index (κ1) is 22.7. The standard InChI is InChI=1S/C21H33N3O3/c1-3-4-5-6-7-11-14-18(20(22)26)24-21(27)19(23-16(2)25)15-17-12-9-8-10-13-17/h8-10,12-13,18-19H,3-7,11,14-15H2,1-2H3,(H2,22,26)(H,23,25)(H,24,27)/t18-,19-/m0/s1. The highest BCUT2D eigenvalue weighted by Gasteiger charge is 2.24. The number of carbonyl (C=O) groups is 3. The zero-order chi connectivity index (χ0) is 20.1. The van der Waals surface area contributed by atoms with E-state index in [0.717, 1.165) is 24.8 Å². The van der Waals surface area contributed by atoms with Crippen LogP contribution >= 0.6 is 0 Å². The van der Waals surface area contributed by atoms with Gasteiger partial charge in [-0.3, -0.25) is 14.4 Å². The Morgan fingerprint density at radius 3 is 2.15 bits per heavy atom. The molecule has 0 radical (unpaired) electrons. The van der Waals surface area contributed by atoms with E-state index in [0.29, 0.717) is 12.8 Å². The van der Waals surface area contributed by atoms with Gasteiger partial charge in [0.1, 0.15) is 12.1 Å². The number of hydrogen-bond donors (Lipinski definition) is 3. The summed E-state index contributed by atoms with van der Waals surface area (Å²) in [6.45, 7) is 3.53. The van der Waals surface area contributed by atoms with Crippen molar-refractivity contribution in [3.8, 4) is 0 Å². The molecule has 0 aromatic heterocycles. The van der Waals surface area contributed by atoms with Crippen molar-refractivity contribution in [3.05, 3.63) is 35.9 Å². The smallest absolute Gasteiger partial charge is 0.243 e. The Bertz CT molecular complexity index is 590. The fraction of sp³-hybridized carbons (Fsp3) is 0.571. The van der Waals surface area contributed by atoms with Gasteiger partial charge < -0.3 is 16.4 Å². The van der Waals surface area contributed by atoms with Crippen LogP contribution in [0.25, 0.3) is 0 Å². The molecule has 1 rings (SSSR count). The van der Waals surface area contributed by atoms with Crippen LogP contribution in [0.4, 0.5) is 0 Å². The average Bonchev–Trinajstić information content (AvgIpc) is 2.63. The highest BCUT2D eigenvalue weighted by atomic mass is 16.2. The Balaban J connectivity index is 2.60. The van der Waals surface area contributed by atoms with Crippen LogP contribution in [0.3, 0.4) is 0 Å². The van der Waals surface area contributed by atoms with Gasteiger partial charge in [-0.15, -0.1) is 0 Å². The van der Waals surface area contributed by atoms with Crippen molar-refractivity contribution in [1.82, 2.24) is 10.6 Å². The van der Waals surface area contributed by atoms with Crippen LogP contribution in [0.2, 0.25) is 0 Å². The quantitative estimate of drug-likeness (QED) is 0.462. The summed E-state index contributed by atoms with van der Waals surface area (Å²) in [6.07, 6.45) is 7.43. The van der Waals surface area contributed by atoms with Gasteiger partial charge in [0.05, 0.1) is 0 Å². The van der Waals surface area contributed by atoms with Gasteiger partial charge in [-0.1, -0.05) is 75.8 Å². The van der Waals surface area contributed by atoms with Crippen molar-refractivity contribution >= 4 is 17.7 Å². The summed E-state index contributed by atoms with van der Waals surface area (Å²) in [5.41, 5.74) is 6.39. The van der Waals surface area contributed by atoms with E-state index >= 15 is 0 Å². The number of carbonyl (C=O) groups excluding carboxylic acids is 3. The van der Waals surface area contributed by atoms with Gasteiger partial charge in [0.25, 0.3) is 0 Å². The molecule has 1 aromatic rings. The van der Waals surface area contributed by atoms with E-state index in [1.165, 1.54) is 26.2 Å². The molecule has 0 heterocycles. The van der Waals surface area contributed by atoms with Crippen molar-refractivity contribution < 1.29 is 14.4 Å². The second-order valence-electron chi connectivity index (χ2n) is 6.96. The molecule has 0 saturated carbocycles. The predicted octanol–water partition coefficient (Wildman–Crippen LogP) is 2.45. The zero-order valence-electron chi connectivity index (χ0n) is 16.5. The number of nitrogens with two attached hydrogens (primary N) is 1. The Morgan fingerprint density at radius 1 is 0.926 bits per heavy atom. The fourth-order valence-corrected chi connectivity index (χ4v) is 2.99. The molecule has 6 heteroatoms. The van der Waals surface area contributed by atoms with E-state index in [-0.39, 0.29) is 11.8 Å². The van der Waals surface area contributed by atoms with Gasteiger partial charge >= 0.3 is 0 Å². The van der Waals surface area contributed by atoms with E-state index in [1.807, 2.05) is 30.3 Å². The van der Waals surface area contributed by atoms with Gasteiger partial charge in [0.15, 0.2) is 0 Å². The summed E-state index contributed by atoms with van der Waals surface area (Å²) in [7, 11) is 0. The molecule has 0 saturated heterocycles. The normalized spacial score (nSPS) is 12.8. The fourth-order valence-electron chi connectivity index (χ4n) is 2.99. The molecule has 2 atom stereocenters. The SMILES string of the molecule is CCCCCCCC[C@H](NC(=O)[C@H](Cc1ccccc1)NC(C)=O)C(N)=O. The maximum absolute atomic E-state index is 12.6. The van der Waals surface area contributed by atoms with Gasteiger partial charge in [0, 0.05) is 13.3 Å². The van der Waals surface area contributed by atoms with Crippen LogP contribution in [-0.4, -0.2) is 29.8 Å². The summed E-state index contributed by atoms with van der Waals surface area (Å²) in [5, 5.41) is 5.38. The second-order valence-corrected chi connectivity index (χ2v) is 6.96. The molecule has 1 aromatic carbocycles. The van der Waals surface area contributed by atoms with Crippen LogP contribution in [0.1, 0.15) is 64.4 Å². The number of hydrogen-bond acceptors (Lipinski definition) is 3. The zero-order valence-corrected chi connectivity index (χ0v) is 16.5. The molecule has 0 aliphatic heterocycles. The minimum Gasteiger partial charge on any atom is -0.368 e. The van der Waals surface area contributed by atoms with Gasteiger partial charge in [0.2, 0.25) is 17.7 Å². The monoisotopic (exact) mass is 375 g/mol. The number of benzene rings is 1. The van der Waals surface area contributed by atoms with E-state index in [9.17, 15) is 14.4 Å². The number of amides is 3. The van der Waals surface area contributed by atoms with Crippen molar-refractivity contribution in [2.45, 2.75) is 77.3 Å². The lowest BCUT2D eigenvalue weighted by molar-refractivity contribution is -0.130. The van der Waals surface area contributed by atoms with E-state index in [1.54, 1.807) is 0 Å². The maximum atomic E-state index is 12.6. The summed E-state index contributed by atoms with van der Waals surface area (Å²) in [6, 6.07) is 7.98. The molecule has 6 nitrogen and oxygen atoms in total. The third-order valence-electron chi connectivity index (χ3n) is 4.48. The Hall–Kier alpha value is -2.37. The van der Waals surface area contributed by atoms with Gasteiger partial charge in [-0.05, 0) is 12.0 Å². The first-order valence-electron chi connectivity index (χ1n) is 9.84. The average molecular weight is 376 g/mol. The molecule has 3 amide bonds. The van der Waals surface area contributed by atoms with Crippen molar-refractivity contribution in [3.63, 3.8) is 0 Å². The Labute approximate surface area is 162 Å². The number of nitrogens with one attached hydrogen (secondary N) is 2. The molecule has 27 heavy (non-hydrogen) atoms. The first-order chi connectivity index (χ1) is 12.9. The topological polar surface area (TPSA) is 101 Å². The lowest BCUT2D eigenvalue weighted by Gasteiger charge is -2.21. The highest BCUT2D eigenvalue weighted by Crippen LogP contribution is 2.09. The molecule has 150 valence electrons. The molecule has 0 spiro atoms. The van der Waals surface area contributed by atoms with Crippen LogP contribution < -0.4 is 16.4 Å². The van der Waals surface area contributed by atoms with Crippen molar-refractivity contribution in [2.75, 3.05) is 0 Å².